The van der Waals surface area contributed by atoms with E-state index in [-0.39, 0.29) is 23.0 Å². The maximum atomic E-state index is 10.8. The molecule has 1 aromatic carbocycles. The van der Waals surface area contributed by atoms with E-state index in [2.05, 4.69) is 9.97 Å². The molecule has 7 heteroatoms. The molecule has 1 aromatic heterocycles. The van der Waals surface area contributed by atoms with Crippen molar-refractivity contribution in [1.29, 1.82) is 5.26 Å². The Morgan fingerprint density at radius 2 is 2.11 bits per heavy atom. The third-order valence-electron chi connectivity index (χ3n) is 2.43. The molecule has 7 nitrogen and oxygen atoms in total. The lowest BCUT2D eigenvalue weighted by atomic mass is 10.2. The summed E-state index contributed by atoms with van der Waals surface area (Å²) in [5, 5.41) is 19.7. The van der Waals surface area contributed by atoms with Gasteiger partial charge in [-0.3, -0.25) is 10.1 Å². The van der Waals surface area contributed by atoms with E-state index in [0.29, 0.717) is 5.56 Å². The molecule has 0 spiro atoms. The molecule has 2 aromatic rings. The normalized spacial score (nSPS) is 9.68. The number of benzene rings is 1. The number of rotatable bonds is 3. The van der Waals surface area contributed by atoms with Gasteiger partial charge in [0.15, 0.2) is 0 Å². The second-order valence-electron chi connectivity index (χ2n) is 3.58. The first kappa shape index (κ1) is 12.4. The van der Waals surface area contributed by atoms with Crippen LogP contribution in [0.3, 0.4) is 0 Å². The van der Waals surface area contributed by atoms with Crippen molar-refractivity contribution >= 4 is 5.69 Å². The van der Waals surface area contributed by atoms with Crippen molar-refractivity contribution in [2.75, 3.05) is 0 Å². The Bertz CT molecular complexity index is 679. The maximum Gasteiger partial charge on any atom is 0.276 e. The Morgan fingerprint density at radius 1 is 1.37 bits per heavy atom. The van der Waals surface area contributed by atoms with Gasteiger partial charge >= 0.3 is 0 Å². The Kier molecular flexibility index (Phi) is 3.34. The molecule has 19 heavy (non-hydrogen) atoms. The van der Waals surface area contributed by atoms with Gasteiger partial charge in [0.05, 0.1) is 10.5 Å². The Balaban J connectivity index is 2.42. The molecule has 0 aliphatic heterocycles. The summed E-state index contributed by atoms with van der Waals surface area (Å²) >= 11 is 0. The standard InChI is InChI=1S/C12H8N4O3/c1-8-10(16(17)18)3-2-4-11(8)19-12-9(7-13)14-5-6-15-12/h2-6H,1H3. The number of hydrogen-bond acceptors (Lipinski definition) is 6. The van der Waals surface area contributed by atoms with Crippen molar-refractivity contribution in [3.8, 4) is 17.7 Å². The maximum absolute atomic E-state index is 10.8. The predicted molar refractivity (Wildman–Crippen MR) is 64.7 cm³/mol. The fraction of sp³-hybridized carbons (Fsp3) is 0.0833. The fourth-order valence-corrected chi connectivity index (χ4v) is 1.49. The van der Waals surface area contributed by atoms with Gasteiger partial charge in [0.2, 0.25) is 5.69 Å². The predicted octanol–water partition coefficient (Wildman–Crippen LogP) is 2.36. The summed E-state index contributed by atoms with van der Waals surface area (Å²) < 4.78 is 5.42. The van der Waals surface area contributed by atoms with Crippen LogP contribution in [0.4, 0.5) is 5.69 Å². The highest BCUT2D eigenvalue weighted by molar-refractivity contribution is 5.50. The van der Waals surface area contributed by atoms with Crippen molar-refractivity contribution in [1.82, 2.24) is 9.97 Å². The summed E-state index contributed by atoms with van der Waals surface area (Å²) in [4.78, 5) is 18.0. The van der Waals surface area contributed by atoms with Crippen LogP contribution in [0.5, 0.6) is 11.6 Å². The van der Waals surface area contributed by atoms with Gasteiger partial charge < -0.3 is 4.74 Å². The number of hydrogen-bond donors (Lipinski definition) is 0. The molecule has 1 heterocycles. The molecule has 94 valence electrons. The summed E-state index contributed by atoms with van der Waals surface area (Å²) in [5.74, 6) is 0.291. The van der Waals surface area contributed by atoms with Crippen LogP contribution in [-0.4, -0.2) is 14.9 Å². The highest BCUT2D eigenvalue weighted by Crippen LogP contribution is 2.30. The summed E-state index contributed by atoms with van der Waals surface area (Å²) in [6.07, 6.45) is 2.74. The molecule has 0 aliphatic rings. The third-order valence-corrected chi connectivity index (χ3v) is 2.43. The molecular formula is C12H8N4O3. The first-order chi connectivity index (χ1) is 9.13. The topological polar surface area (TPSA) is 102 Å². The largest absolute Gasteiger partial charge is 0.436 e. The number of ether oxygens (including phenoxy) is 1. The Morgan fingerprint density at radius 3 is 2.79 bits per heavy atom. The van der Waals surface area contributed by atoms with Gasteiger partial charge in [0, 0.05) is 18.5 Å². The molecular weight excluding hydrogens is 248 g/mol. The number of nitrogens with zero attached hydrogens (tertiary/aromatic N) is 4. The minimum absolute atomic E-state index is 0.0217. The smallest absolute Gasteiger partial charge is 0.276 e. The molecule has 0 amide bonds. The molecule has 0 atom stereocenters. The van der Waals surface area contributed by atoms with Gasteiger partial charge in [-0.05, 0) is 13.0 Å². The highest BCUT2D eigenvalue weighted by atomic mass is 16.6. The van der Waals surface area contributed by atoms with Crippen LogP contribution in [0.15, 0.2) is 30.6 Å². The Labute approximate surface area is 108 Å². The Hall–Kier alpha value is -3.01. The molecule has 0 bridgehead atoms. The second kappa shape index (κ2) is 5.10. The van der Waals surface area contributed by atoms with Gasteiger partial charge in [0.25, 0.3) is 11.6 Å². The van der Waals surface area contributed by atoms with Crippen molar-refractivity contribution in [3.05, 3.63) is 52.0 Å². The highest BCUT2D eigenvalue weighted by Gasteiger charge is 2.16. The number of aromatic nitrogens is 2. The molecule has 2 rings (SSSR count). The summed E-state index contributed by atoms with van der Waals surface area (Å²) in [6.45, 7) is 1.57. The zero-order valence-corrected chi connectivity index (χ0v) is 9.90. The SMILES string of the molecule is Cc1c(Oc2nccnc2C#N)cccc1[N+](=O)[O-]. The van der Waals surface area contributed by atoms with Crippen molar-refractivity contribution in [3.63, 3.8) is 0 Å². The molecule has 0 saturated heterocycles. The van der Waals surface area contributed by atoms with Crippen LogP contribution in [0.25, 0.3) is 0 Å². The van der Waals surface area contributed by atoms with Gasteiger partial charge in [-0.25, -0.2) is 9.97 Å². The lowest BCUT2D eigenvalue weighted by Crippen LogP contribution is -1.98. The fourth-order valence-electron chi connectivity index (χ4n) is 1.49. The first-order valence-corrected chi connectivity index (χ1v) is 5.26. The van der Waals surface area contributed by atoms with Crippen LogP contribution < -0.4 is 4.74 Å². The number of nitro benzene ring substituents is 1. The molecule has 0 radical (unpaired) electrons. The quantitative estimate of drug-likeness (QED) is 0.617. The van der Waals surface area contributed by atoms with Crippen LogP contribution in [-0.2, 0) is 0 Å². The van der Waals surface area contributed by atoms with Gasteiger partial charge in [-0.15, -0.1) is 0 Å². The first-order valence-electron chi connectivity index (χ1n) is 5.26. The lowest BCUT2D eigenvalue weighted by Gasteiger charge is -2.08. The van der Waals surface area contributed by atoms with Crippen LogP contribution >= 0.6 is 0 Å². The van der Waals surface area contributed by atoms with Crippen LogP contribution in [0, 0.1) is 28.4 Å². The average Bonchev–Trinajstić information content (AvgIpc) is 2.41. The zero-order chi connectivity index (χ0) is 13.8. The summed E-state index contributed by atoms with van der Waals surface area (Å²) in [6, 6.07) is 6.29. The van der Waals surface area contributed by atoms with Gasteiger partial charge in [0.1, 0.15) is 11.8 Å². The van der Waals surface area contributed by atoms with Gasteiger partial charge in [-0.1, -0.05) is 6.07 Å². The van der Waals surface area contributed by atoms with E-state index < -0.39 is 4.92 Å². The van der Waals surface area contributed by atoms with Crippen molar-refractivity contribution in [2.24, 2.45) is 0 Å². The summed E-state index contributed by atoms with van der Waals surface area (Å²) in [7, 11) is 0. The van der Waals surface area contributed by atoms with E-state index in [1.807, 2.05) is 6.07 Å². The molecule has 0 fully saturated rings. The average molecular weight is 256 g/mol. The number of nitriles is 1. The van der Waals surface area contributed by atoms with Crippen molar-refractivity contribution in [2.45, 2.75) is 6.92 Å². The number of nitro groups is 1. The van der Waals surface area contributed by atoms with E-state index >= 15 is 0 Å². The zero-order valence-electron chi connectivity index (χ0n) is 9.90. The lowest BCUT2D eigenvalue weighted by molar-refractivity contribution is -0.385. The van der Waals surface area contributed by atoms with Crippen molar-refractivity contribution < 1.29 is 9.66 Å². The van der Waals surface area contributed by atoms with Crippen LogP contribution in [0.2, 0.25) is 0 Å². The van der Waals surface area contributed by atoms with E-state index in [1.165, 1.54) is 24.5 Å². The second-order valence-corrected chi connectivity index (χ2v) is 3.58. The molecule has 0 saturated carbocycles. The van der Waals surface area contributed by atoms with Crippen LogP contribution in [0.1, 0.15) is 11.3 Å². The molecule has 0 unspecified atom stereocenters. The minimum Gasteiger partial charge on any atom is -0.436 e. The van der Waals surface area contributed by atoms with E-state index in [9.17, 15) is 10.1 Å². The summed E-state index contributed by atoms with van der Waals surface area (Å²) in [5.41, 5.74) is 0.329. The molecule has 0 N–H and O–H groups in total. The third kappa shape index (κ3) is 2.47. The monoisotopic (exact) mass is 256 g/mol. The van der Waals surface area contributed by atoms with Gasteiger partial charge in [-0.2, -0.15) is 5.26 Å². The van der Waals surface area contributed by atoms with E-state index in [0.717, 1.165) is 0 Å². The molecule has 0 aliphatic carbocycles. The van der Waals surface area contributed by atoms with E-state index in [1.54, 1.807) is 13.0 Å². The van der Waals surface area contributed by atoms with E-state index in [4.69, 9.17) is 10.00 Å². The minimum atomic E-state index is -0.496.